The van der Waals surface area contributed by atoms with E-state index in [1.165, 1.54) is 24.2 Å². The van der Waals surface area contributed by atoms with E-state index in [1.54, 1.807) is 6.20 Å². The zero-order valence-corrected chi connectivity index (χ0v) is 14.5. The Morgan fingerprint density at radius 1 is 1.29 bits per heavy atom. The van der Waals surface area contributed by atoms with E-state index in [1.807, 2.05) is 30.3 Å². The van der Waals surface area contributed by atoms with Gasteiger partial charge in [-0.15, -0.1) is 0 Å². The summed E-state index contributed by atoms with van der Waals surface area (Å²) in [6.45, 7) is 4.54. The number of carbonyl (C=O) groups excluding carboxylic acids is 1. The van der Waals surface area contributed by atoms with E-state index in [0.717, 1.165) is 18.8 Å². The van der Waals surface area contributed by atoms with Crippen molar-refractivity contribution in [1.29, 1.82) is 0 Å². The van der Waals surface area contributed by atoms with Crippen LogP contribution in [0.3, 0.4) is 0 Å². The summed E-state index contributed by atoms with van der Waals surface area (Å²) in [5.41, 5.74) is 0. The second kappa shape index (κ2) is 6.53. The number of ether oxygens (including phenoxy) is 1. The maximum atomic E-state index is 12.6. The minimum absolute atomic E-state index is 0.0407. The normalized spacial score (nSPS) is 28.5. The quantitative estimate of drug-likeness (QED) is 0.926. The molecule has 3 saturated heterocycles. The molecule has 5 rings (SSSR count). The summed E-state index contributed by atoms with van der Waals surface area (Å²) in [4.78, 5) is 19.9. The summed E-state index contributed by atoms with van der Waals surface area (Å²) in [7, 11) is 0. The Hall–Kier alpha value is -1.92. The third-order valence-corrected chi connectivity index (χ3v) is 6.01. The van der Waals surface area contributed by atoms with Gasteiger partial charge in [0.15, 0.2) is 0 Å². The second-order valence-corrected chi connectivity index (χ2v) is 7.51. The smallest absolute Gasteiger partial charge is 0.279 e. The van der Waals surface area contributed by atoms with Gasteiger partial charge >= 0.3 is 0 Å². The maximum absolute atomic E-state index is 12.6. The molecule has 24 heavy (non-hydrogen) atoms. The molecule has 2 unspecified atom stereocenters. The van der Waals surface area contributed by atoms with Crippen molar-refractivity contribution in [1.82, 2.24) is 15.2 Å². The van der Waals surface area contributed by atoms with Gasteiger partial charge in [-0.25, -0.2) is 4.98 Å². The number of hydrogen-bond acceptors (Lipinski definition) is 5. The van der Waals surface area contributed by atoms with Crippen molar-refractivity contribution in [3.05, 3.63) is 41.4 Å². The van der Waals surface area contributed by atoms with Crippen LogP contribution in [0.4, 0.5) is 0 Å². The Morgan fingerprint density at radius 3 is 2.75 bits per heavy atom. The highest BCUT2D eigenvalue weighted by Crippen LogP contribution is 2.33. The van der Waals surface area contributed by atoms with Crippen LogP contribution in [0.15, 0.2) is 36.5 Å². The molecular formula is C18H21N3O2S. The Bertz CT molecular complexity index is 708. The topological polar surface area (TPSA) is 54.5 Å². The Labute approximate surface area is 145 Å². The van der Waals surface area contributed by atoms with Gasteiger partial charge in [0.1, 0.15) is 10.6 Å². The lowest BCUT2D eigenvalue weighted by molar-refractivity contribution is 0.0218. The number of nitrogens with zero attached hydrogens (tertiary/aromatic N) is 2. The van der Waals surface area contributed by atoms with Crippen LogP contribution in [-0.4, -0.2) is 41.0 Å². The fourth-order valence-corrected chi connectivity index (χ4v) is 4.46. The standard InChI is InChI=1S/C18H21N3O2S/c1-12-16(13-7-9-21(12)10-8-13)20-17(22)15-11-19-18(24-15)23-14-5-3-2-4-6-14/h2-6,11-13,16H,7-10H2,1H3,(H,20,22). The first-order valence-electron chi connectivity index (χ1n) is 8.44. The highest BCUT2D eigenvalue weighted by atomic mass is 32.1. The average molecular weight is 343 g/mol. The van der Waals surface area contributed by atoms with Crippen LogP contribution >= 0.6 is 11.3 Å². The van der Waals surface area contributed by atoms with Gasteiger partial charge in [-0.1, -0.05) is 29.5 Å². The zero-order chi connectivity index (χ0) is 16.5. The lowest BCUT2D eigenvalue weighted by atomic mass is 9.79. The highest BCUT2D eigenvalue weighted by Gasteiger charge is 2.40. The van der Waals surface area contributed by atoms with Crippen molar-refractivity contribution in [2.45, 2.75) is 31.8 Å². The van der Waals surface area contributed by atoms with Crippen molar-refractivity contribution in [2.24, 2.45) is 5.92 Å². The van der Waals surface area contributed by atoms with Gasteiger partial charge in [-0.3, -0.25) is 9.69 Å². The van der Waals surface area contributed by atoms with Crippen LogP contribution < -0.4 is 10.1 Å². The van der Waals surface area contributed by atoms with Gasteiger partial charge in [0.2, 0.25) is 0 Å². The third kappa shape index (κ3) is 3.03. The van der Waals surface area contributed by atoms with Gasteiger partial charge < -0.3 is 10.1 Å². The monoisotopic (exact) mass is 343 g/mol. The van der Waals surface area contributed by atoms with E-state index >= 15 is 0 Å². The molecule has 1 amide bonds. The Kier molecular flexibility index (Phi) is 4.24. The van der Waals surface area contributed by atoms with Crippen LogP contribution in [0.5, 0.6) is 10.9 Å². The first-order valence-corrected chi connectivity index (χ1v) is 9.26. The van der Waals surface area contributed by atoms with E-state index in [0.29, 0.717) is 22.0 Å². The SMILES string of the molecule is CC1C(NC(=O)c2cnc(Oc3ccccc3)s2)C2CCN1CC2. The van der Waals surface area contributed by atoms with Gasteiger partial charge in [0.25, 0.3) is 11.1 Å². The molecule has 2 atom stereocenters. The molecule has 3 aliphatic heterocycles. The summed E-state index contributed by atoms with van der Waals surface area (Å²) in [5.74, 6) is 1.28. The number of carbonyl (C=O) groups is 1. The van der Waals surface area contributed by atoms with Crippen molar-refractivity contribution in [3.8, 4) is 10.9 Å². The molecule has 1 N–H and O–H groups in total. The molecule has 6 heteroatoms. The number of benzene rings is 1. The molecule has 126 valence electrons. The van der Waals surface area contributed by atoms with E-state index in [4.69, 9.17) is 4.74 Å². The summed E-state index contributed by atoms with van der Waals surface area (Å²) < 4.78 is 5.69. The van der Waals surface area contributed by atoms with Crippen molar-refractivity contribution in [3.63, 3.8) is 0 Å². The second-order valence-electron chi connectivity index (χ2n) is 6.52. The number of hydrogen-bond donors (Lipinski definition) is 1. The number of nitrogens with one attached hydrogen (secondary N) is 1. The van der Waals surface area contributed by atoms with E-state index in [9.17, 15) is 4.79 Å². The first-order chi connectivity index (χ1) is 11.7. The minimum atomic E-state index is -0.0407. The molecule has 5 nitrogen and oxygen atoms in total. The zero-order valence-electron chi connectivity index (χ0n) is 13.6. The van der Waals surface area contributed by atoms with Crippen LogP contribution in [-0.2, 0) is 0 Å². The highest BCUT2D eigenvalue weighted by molar-refractivity contribution is 7.15. The molecule has 0 radical (unpaired) electrons. The summed E-state index contributed by atoms with van der Waals surface area (Å²) >= 11 is 1.29. The molecule has 3 aliphatic rings. The predicted molar refractivity (Wildman–Crippen MR) is 93.6 cm³/mol. The van der Waals surface area contributed by atoms with Gasteiger partial charge in [0, 0.05) is 12.1 Å². The summed E-state index contributed by atoms with van der Waals surface area (Å²) in [6, 6.07) is 10.1. The number of aromatic nitrogens is 1. The molecular weight excluding hydrogens is 322 g/mol. The molecule has 3 fully saturated rings. The molecule has 1 aromatic carbocycles. The minimum Gasteiger partial charge on any atom is -0.431 e. The first kappa shape index (κ1) is 15.6. The molecule has 4 heterocycles. The molecule has 1 aromatic heterocycles. The lowest BCUT2D eigenvalue weighted by Crippen LogP contribution is -2.62. The third-order valence-electron chi connectivity index (χ3n) is 5.13. The number of piperidine rings is 3. The number of fused-ring (bicyclic) bond motifs is 3. The van der Waals surface area contributed by atoms with Crippen LogP contribution in [0.1, 0.15) is 29.4 Å². The van der Waals surface area contributed by atoms with Crippen molar-refractivity contribution in [2.75, 3.05) is 13.1 Å². The average Bonchev–Trinajstić information content (AvgIpc) is 3.08. The molecule has 0 spiro atoms. The Balaban J connectivity index is 1.42. The van der Waals surface area contributed by atoms with E-state index in [-0.39, 0.29) is 11.9 Å². The van der Waals surface area contributed by atoms with Crippen molar-refractivity contribution >= 4 is 17.2 Å². The van der Waals surface area contributed by atoms with Gasteiger partial charge in [-0.2, -0.15) is 0 Å². The van der Waals surface area contributed by atoms with Gasteiger partial charge in [-0.05, 0) is 50.9 Å². The lowest BCUT2D eigenvalue weighted by Gasteiger charge is -2.49. The number of rotatable bonds is 4. The molecule has 0 saturated carbocycles. The number of para-hydroxylation sites is 1. The number of amides is 1. The predicted octanol–water partition coefficient (Wildman–Crippen LogP) is 3.15. The van der Waals surface area contributed by atoms with Gasteiger partial charge in [0.05, 0.1) is 6.20 Å². The van der Waals surface area contributed by atoms with E-state index < -0.39 is 0 Å². The molecule has 0 aliphatic carbocycles. The van der Waals surface area contributed by atoms with Crippen LogP contribution in [0, 0.1) is 5.92 Å². The molecule has 2 aromatic rings. The fraction of sp³-hybridized carbons (Fsp3) is 0.444. The number of thiazole rings is 1. The van der Waals surface area contributed by atoms with Crippen LogP contribution in [0.25, 0.3) is 0 Å². The fourth-order valence-electron chi connectivity index (χ4n) is 3.77. The Morgan fingerprint density at radius 2 is 2.04 bits per heavy atom. The maximum Gasteiger partial charge on any atom is 0.279 e. The van der Waals surface area contributed by atoms with Crippen LogP contribution in [0.2, 0.25) is 0 Å². The summed E-state index contributed by atoms with van der Waals surface area (Å²) in [6.07, 6.45) is 3.96. The van der Waals surface area contributed by atoms with Crippen molar-refractivity contribution < 1.29 is 9.53 Å². The molecule has 2 bridgehead atoms. The van der Waals surface area contributed by atoms with E-state index in [2.05, 4.69) is 22.1 Å². The largest absolute Gasteiger partial charge is 0.431 e. The summed E-state index contributed by atoms with van der Waals surface area (Å²) in [5, 5.41) is 3.72.